The summed E-state index contributed by atoms with van der Waals surface area (Å²) in [5, 5.41) is 19.3. The van der Waals surface area contributed by atoms with Gasteiger partial charge in [-0.15, -0.1) is 5.10 Å². The third kappa shape index (κ3) is 3.95. The summed E-state index contributed by atoms with van der Waals surface area (Å²) in [6.07, 6.45) is 0.867. The number of nitrogens with zero attached hydrogens (tertiary/aromatic N) is 3. The Labute approximate surface area is 93.4 Å². The molecule has 0 aromatic carbocycles. The molecule has 1 rings (SSSR count). The van der Waals surface area contributed by atoms with Gasteiger partial charge in [0.1, 0.15) is 12.2 Å². The third-order valence-electron chi connectivity index (χ3n) is 1.92. The first kappa shape index (κ1) is 12.6. The second-order valence-electron chi connectivity index (χ2n) is 3.36. The van der Waals surface area contributed by atoms with Crippen LogP contribution in [0.5, 0.6) is 0 Å². The van der Waals surface area contributed by atoms with E-state index in [1.165, 1.54) is 4.68 Å². The van der Waals surface area contributed by atoms with Crippen molar-refractivity contribution in [2.24, 2.45) is 0 Å². The zero-order valence-corrected chi connectivity index (χ0v) is 9.38. The predicted molar refractivity (Wildman–Crippen MR) is 55.5 cm³/mol. The number of ether oxygens (including phenoxy) is 1. The molecular formula is C9H16N4O3. The lowest BCUT2D eigenvalue weighted by Gasteiger charge is -2.03. The van der Waals surface area contributed by atoms with Crippen LogP contribution < -0.4 is 5.32 Å². The fraction of sp³-hybridized carbons (Fsp3) is 0.667. The van der Waals surface area contributed by atoms with Gasteiger partial charge in [0.2, 0.25) is 5.91 Å². The molecule has 0 saturated heterocycles. The highest BCUT2D eigenvalue weighted by molar-refractivity contribution is 5.75. The molecular weight excluding hydrogens is 212 g/mol. The van der Waals surface area contributed by atoms with E-state index in [-0.39, 0.29) is 12.5 Å². The van der Waals surface area contributed by atoms with Crippen LogP contribution in [0.3, 0.4) is 0 Å². The van der Waals surface area contributed by atoms with Gasteiger partial charge < -0.3 is 15.2 Å². The lowest BCUT2D eigenvalue weighted by molar-refractivity contribution is -0.122. The Kier molecular flexibility index (Phi) is 4.87. The van der Waals surface area contributed by atoms with Crippen molar-refractivity contribution in [2.75, 3.05) is 20.3 Å². The smallest absolute Gasteiger partial charge is 0.241 e. The van der Waals surface area contributed by atoms with Gasteiger partial charge in [-0.1, -0.05) is 5.21 Å². The molecule has 0 spiro atoms. The van der Waals surface area contributed by atoms with Gasteiger partial charge in [0.05, 0.1) is 18.9 Å². The van der Waals surface area contributed by atoms with E-state index < -0.39 is 6.10 Å². The Balaban J connectivity index is 2.37. The summed E-state index contributed by atoms with van der Waals surface area (Å²) in [7, 11) is 1.57. The van der Waals surface area contributed by atoms with Gasteiger partial charge in [0.25, 0.3) is 0 Å². The first-order valence-corrected chi connectivity index (χ1v) is 4.97. The van der Waals surface area contributed by atoms with Gasteiger partial charge in [-0.2, -0.15) is 0 Å². The van der Waals surface area contributed by atoms with Crippen LogP contribution in [0, 0.1) is 0 Å². The van der Waals surface area contributed by atoms with Crippen LogP contribution in [-0.4, -0.2) is 46.3 Å². The van der Waals surface area contributed by atoms with Crippen molar-refractivity contribution in [3.05, 3.63) is 11.9 Å². The van der Waals surface area contributed by atoms with Crippen molar-refractivity contribution in [1.29, 1.82) is 0 Å². The van der Waals surface area contributed by atoms with Crippen molar-refractivity contribution >= 4 is 5.91 Å². The number of carbonyl (C=O) groups is 1. The number of aliphatic hydroxyl groups excluding tert-OH is 1. The SMILES string of the molecule is COCCNC(=O)Cn1cc(C(C)O)nn1. The van der Waals surface area contributed by atoms with Crippen LogP contribution in [0.15, 0.2) is 6.20 Å². The summed E-state index contributed by atoms with van der Waals surface area (Å²) in [6, 6.07) is 0. The summed E-state index contributed by atoms with van der Waals surface area (Å²) in [4.78, 5) is 11.3. The highest BCUT2D eigenvalue weighted by atomic mass is 16.5. The number of hydrogen-bond donors (Lipinski definition) is 2. The molecule has 0 aliphatic carbocycles. The number of methoxy groups -OCH3 is 1. The number of nitrogens with one attached hydrogen (secondary N) is 1. The molecule has 90 valence electrons. The van der Waals surface area contributed by atoms with Crippen LogP contribution in [0.1, 0.15) is 18.7 Å². The molecule has 1 aromatic rings. The molecule has 1 amide bonds. The number of hydrogen-bond acceptors (Lipinski definition) is 5. The van der Waals surface area contributed by atoms with Gasteiger partial charge in [-0.3, -0.25) is 4.79 Å². The van der Waals surface area contributed by atoms with Crippen LogP contribution in [0.25, 0.3) is 0 Å². The second kappa shape index (κ2) is 6.19. The van der Waals surface area contributed by atoms with E-state index in [4.69, 9.17) is 4.74 Å². The molecule has 7 heteroatoms. The van der Waals surface area contributed by atoms with Gasteiger partial charge in [0, 0.05) is 13.7 Å². The fourth-order valence-corrected chi connectivity index (χ4v) is 1.08. The number of carbonyl (C=O) groups excluding carboxylic acids is 1. The van der Waals surface area contributed by atoms with Crippen molar-refractivity contribution in [3.8, 4) is 0 Å². The lowest BCUT2D eigenvalue weighted by atomic mass is 10.3. The number of amides is 1. The van der Waals surface area contributed by atoms with Crippen LogP contribution in [0.2, 0.25) is 0 Å². The summed E-state index contributed by atoms with van der Waals surface area (Å²) >= 11 is 0. The Morgan fingerprint density at radius 3 is 3.06 bits per heavy atom. The quantitative estimate of drug-likeness (QED) is 0.615. The first-order valence-electron chi connectivity index (χ1n) is 4.97. The minimum atomic E-state index is -0.676. The molecule has 16 heavy (non-hydrogen) atoms. The van der Waals surface area contributed by atoms with Crippen molar-refractivity contribution in [1.82, 2.24) is 20.3 Å². The maximum Gasteiger partial charge on any atom is 0.241 e. The average Bonchev–Trinajstić information content (AvgIpc) is 2.66. The van der Waals surface area contributed by atoms with E-state index in [1.54, 1.807) is 20.2 Å². The van der Waals surface area contributed by atoms with Gasteiger partial charge in [-0.25, -0.2) is 4.68 Å². The molecule has 2 N–H and O–H groups in total. The Hall–Kier alpha value is -1.47. The number of rotatable bonds is 6. The zero-order valence-electron chi connectivity index (χ0n) is 9.38. The average molecular weight is 228 g/mol. The topological polar surface area (TPSA) is 89.3 Å². The molecule has 7 nitrogen and oxygen atoms in total. The maximum absolute atomic E-state index is 11.3. The Bertz CT molecular complexity index is 337. The third-order valence-corrected chi connectivity index (χ3v) is 1.92. The largest absolute Gasteiger partial charge is 0.387 e. The van der Waals surface area contributed by atoms with E-state index in [9.17, 15) is 9.90 Å². The van der Waals surface area contributed by atoms with Crippen LogP contribution >= 0.6 is 0 Å². The zero-order chi connectivity index (χ0) is 12.0. The van der Waals surface area contributed by atoms with Crippen molar-refractivity contribution < 1.29 is 14.6 Å². The molecule has 0 fully saturated rings. The first-order chi connectivity index (χ1) is 7.63. The number of aliphatic hydroxyl groups is 1. The lowest BCUT2D eigenvalue weighted by Crippen LogP contribution is -2.30. The normalized spacial score (nSPS) is 12.4. The molecule has 0 bridgehead atoms. The fourth-order valence-electron chi connectivity index (χ4n) is 1.08. The molecule has 0 aliphatic heterocycles. The van der Waals surface area contributed by atoms with E-state index in [0.717, 1.165) is 0 Å². The summed E-state index contributed by atoms with van der Waals surface area (Å²) in [5.74, 6) is -0.168. The molecule has 1 heterocycles. The molecule has 1 atom stereocenters. The minimum Gasteiger partial charge on any atom is -0.387 e. The standard InChI is InChI=1S/C9H16N4O3/c1-7(14)8-5-13(12-11-8)6-9(15)10-3-4-16-2/h5,7,14H,3-4,6H2,1-2H3,(H,10,15). The minimum absolute atomic E-state index is 0.0867. The molecule has 0 radical (unpaired) electrons. The monoisotopic (exact) mass is 228 g/mol. The molecule has 0 aliphatic rings. The van der Waals surface area contributed by atoms with Crippen molar-refractivity contribution in [3.63, 3.8) is 0 Å². The molecule has 1 aromatic heterocycles. The summed E-state index contributed by atoms with van der Waals surface area (Å²) in [6.45, 7) is 2.62. The van der Waals surface area contributed by atoms with Gasteiger partial charge in [0.15, 0.2) is 0 Å². The van der Waals surface area contributed by atoms with E-state index in [1.807, 2.05) is 0 Å². The highest BCUT2D eigenvalue weighted by Crippen LogP contribution is 2.05. The summed E-state index contributed by atoms with van der Waals surface area (Å²) in [5.41, 5.74) is 0.449. The summed E-state index contributed by atoms with van der Waals surface area (Å²) < 4.78 is 6.17. The van der Waals surface area contributed by atoms with Crippen LogP contribution in [0.4, 0.5) is 0 Å². The van der Waals surface area contributed by atoms with E-state index >= 15 is 0 Å². The second-order valence-corrected chi connectivity index (χ2v) is 3.36. The number of aromatic nitrogens is 3. The molecule has 1 unspecified atom stereocenters. The van der Waals surface area contributed by atoms with Crippen LogP contribution in [-0.2, 0) is 16.1 Å². The van der Waals surface area contributed by atoms with Crippen molar-refractivity contribution in [2.45, 2.75) is 19.6 Å². The van der Waals surface area contributed by atoms with Gasteiger partial charge in [-0.05, 0) is 6.92 Å². The van der Waals surface area contributed by atoms with E-state index in [0.29, 0.717) is 18.8 Å². The van der Waals surface area contributed by atoms with Gasteiger partial charge >= 0.3 is 0 Å². The van der Waals surface area contributed by atoms with E-state index in [2.05, 4.69) is 15.6 Å². The molecule has 0 saturated carbocycles. The Morgan fingerprint density at radius 2 is 2.50 bits per heavy atom. The maximum atomic E-state index is 11.3. The predicted octanol–water partition coefficient (Wildman–Crippen LogP) is -0.906. The Morgan fingerprint density at radius 1 is 1.75 bits per heavy atom. The highest BCUT2D eigenvalue weighted by Gasteiger charge is 2.08.